The first kappa shape index (κ1) is 56.0. The SMILES string of the molecule is CCCCCC/C=C/CCCCCCCCCC(=O)OC[C@H](COP(=O)(O)OC[C@H](N)C(=O)O)OC(=O)CCCCCCCCCCC/C=C/CCCCCCCC. The molecule has 0 rings (SSSR count). The van der Waals surface area contributed by atoms with E-state index in [4.69, 9.17) is 24.8 Å². The van der Waals surface area contributed by atoms with E-state index < -0.39 is 51.1 Å². The molecule has 0 spiro atoms. The van der Waals surface area contributed by atoms with Crippen molar-refractivity contribution in [2.24, 2.45) is 5.73 Å². The average molecular weight is 844 g/mol. The van der Waals surface area contributed by atoms with E-state index in [0.29, 0.717) is 12.8 Å². The second kappa shape index (κ2) is 41.7. The predicted molar refractivity (Wildman–Crippen MR) is 236 cm³/mol. The van der Waals surface area contributed by atoms with Crippen molar-refractivity contribution in [3.63, 3.8) is 0 Å². The van der Waals surface area contributed by atoms with Crippen LogP contribution in [0.1, 0.15) is 219 Å². The Labute approximate surface area is 353 Å². The molecule has 0 fully saturated rings. The Morgan fingerprint density at radius 2 is 0.862 bits per heavy atom. The van der Waals surface area contributed by atoms with E-state index in [1.165, 1.54) is 135 Å². The Bertz CT molecular complexity index is 1080. The van der Waals surface area contributed by atoms with Crippen LogP contribution in [0.2, 0.25) is 0 Å². The zero-order valence-electron chi connectivity index (χ0n) is 36.9. The number of phosphoric acid groups is 1. The molecule has 58 heavy (non-hydrogen) atoms. The quantitative estimate of drug-likeness (QED) is 0.0231. The van der Waals surface area contributed by atoms with Gasteiger partial charge in [-0.25, -0.2) is 4.57 Å². The highest BCUT2D eigenvalue weighted by atomic mass is 31.2. The number of carboxylic acid groups (broad SMARTS) is 1. The van der Waals surface area contributed by atoms with Crippen LogP contribution in [0, 0.1) is 0 Å². The maximum absolute atomic E-state index is 12.7. The summed E-state index contributed by atoms with van der Waals surface area (Å²) in [5.74, 6) is -2.38. The smallest absolute Gasteiger partial charge is 0.472 e. The number of carbonyl (C=O) groups is 3. The van der Waals surface area contributed by atoms with Crippen LogP contribution in [0.25, 0.3) is 0 Å². The molecule has 0 bridgehead atoms. The Balaban J connectivity index is 4.30. The van der Waals surface area contributed by atoms with Crippen LogP contribution < -0.4 is 5.73 Å². The van der Waals surface area contributed by atoms with Gasteiger partial charge in [0.15, 0.2) is 6.10 Å². The van der Waals surface area contributed by atoms with Crippen LogP contribution in [0.15, 0.2) is 24.3 Å². The summed E-state index contributed by atoms with van der Waals surface area (Å²) in [6.45, 7) is 2.80. The normalized spacial score (nSPS) is 13.9. The van der Waals surface area contributed by atoms with Crippen molar-refractivity contribution in [1.82, 2.24) is 0 Å². The van der Waals surface area contributed by atoms with Gasteiger partial charge < -0.3 is 25.2 Å². The maximum atomic E-state index is 12.7. The molecule has 0 heterocycles. The van der Waals surface area contributed by atoms with E-state index in [1.54, 1.807) is 0 Å². The minimum atomic E-state index is -4.72. The highest BCUT2D eigenvalue weighted by Gasteiger charge is 2.28. The van der Waals surface area contributed by atoms with E-state index in [2.05, 4.69) is 42.7 Å². The zero-order chi connectivity index (χ0) is 42.8. The Morgan fingerprint density at radius 1 is 0.517 bits per heavy atom. The van der Waals surface area contributed by atoms with Gasteiger partial charge in [0, 0.05) is 12.8 Å². The summed E-state index contributed by atoms with van der Waals surface area (Å²) in [6, 6.07) is -1.52. The fraction of sp³-hybridized carbons (Fsp3) is 0.848. The van der Waals surface area contributed by atoms with Crippen LogP contribution in [0.5, 0.6) is 0 Å². The fourth-order valence-corrected chi connectivity index (χ4v) is 7.24. The highest BCUT2D eigenvalue weighted by Crippen LogP contribution is 2.43. The summed E-state index contributed by atoms with van der Waals surface area (Å²) in [5.41, 5.74) is 5.34. The number of esters is 2. The summed E-state index contributed by atoms with van der Waals surface area (Å²) in [4.78, 5) is 46.0. The van der Waals surface area contributed by atoms with Crippen LogP contribution in [0.4, 0.5) is 0 Å². The largest absolute Gasteiger partial charge is 0.480 e. The van der Waals surface area contributed by atoms with Gasteiger partial charge in [0.25, 0.3) is 0 Å². The van der Waals surface area contributed by atoms with Crippen LogP contribution >= 0.6 is 7.82 Å². The topological polar surface area (TPSA) is 172 Å². The molecule has 11 nitrogen and oxygen atoms in total. The Kier molecular flexibility index (Phi) is 40.2. The molecule has 0 aliphatic heterocycles. The van der Waals surface area contributed by atoms with Gasteiger partial charge in [-0.05, 0) is 64.2 Å². The second-order valence-corrected chi connectivity index (χ2v) is 17.3. The first-order valence-electron chi connectivity index (χ1n) is 23.4. The van der Waals surface area contributed by atoms with Crippen LogP contribution in [-0.4, -0.2) is 59.9 Å². The highest BCUT2D eigenvalue weighted by molar-refractivity contribution is 7.47. The van der Waals surface area contributed by atoms with Crippen molar-refractivity contribution in [2.45, 2.75) is 231 Å². The molecule has 0 amide bonds. The summed E-state index contributed by atoms with van der Waals surface area (Å²) in [5, 5.41) is 8.90. The maximum Gasteiger partial charge on any atom is 0.472 e. The molecule has 0 aromatic carbocycles. The zero-order valence-corrected chi connectivity index (χ0v) is 37.8. The molecule has 1 unspecified atom stereocenters. The lowest BCUT2D eigenvalue weighted by atomic mass is 10.1. The molecule has 0 aliphatic rings. The lowest BCUT2D eigenvalue weighted by Crippen LogP contribution is -2.34. The number of ether oxygens (including phenoxy) is 2. The summed E-state index contributed by atoms with van der Waals surface area (Å²) in [7, 11) is -4.72. The van der Waals surface area contributed by atoms with Crippen molar-refractivity contribution in [1.29, 1.82) is 0 Å². The molecule has 3 atom stereocenters. The third-order valence-electron chi connectivity index (χ3n) is 10.2. The third-order valence-corrected chi connectivity index (χ3v) is 11.1. The van der Waals surface area contributed by atoms with Crippen molar-refractivity contribution >= 4 is 25.7 Å². The first-order chi connectivity index (χ1) is 28.1. The van der Waals surface area contributed by atoms with E-state index in [-0.39, 0.29) is 19.4 Å². The van der Waals surface area contributed by atoms with Gasteiger partial charge in [-0.1, -0.05) is 167 Å². The Hall–Kier alpha value is -2.04. The number of carbonyl (C=O) groups excluding carboxylic acids is 2. The van der Waals surface area contributed by atoms with Gasteiger partial charge in [0.1, 0.15) is 12.6 Å². The van der Waals surface area contributed by atoms with Crippen molar-refractivity contribution in [3.05, 3.63) is 24.3 Å². The summed E-state index contributed by atoms with van der Waals surface area (Å²) < 4.78 is 32.8. The van der Waals surface area contributed by atoms with Crippen LogP contribution in [-0.2, 0) is 37.5 Å². The molecule has 0 aromatic rings. The molecular formula is C46H86NO10P. The molecule has 340 valence electrons. The molecule has 12 heteroatoms. The molecule has 0 aliphatic carbocycles. The van der Waals surface area contributed by atoms with Gasteiger partial charge in [0.05, 0.1) is 13.2 Å². The monoisotopic (exact) mass is 844 g/mol. The number of unbranched alkanes of at least 4 members (excludes halogenated alkanes) is 26. The minimum Gasteiger partial charge on any atom is -0.480 e. The van der Waals surface area contributed by atoms with E-state index in [9.17, 15) is 23.8 Å². The number of hydrogen-bond donors (Lipinski definition) is 3. The first-order valence-corrected chi connectivity index (χ1v) is 24.9. The Morgan fingerprint density at radius 3 is 1.28 bits per heavy atom. The number of phosphoric ester groups is 1. The molecular weight excluding hydrogens is 757 g/mol. The average Bonchev–Trinajstić information content (AvgIpc) is 3.20. The standard InChI is InChI=1S/C46H86NO10P/c1-3-5-7-9-11-13-15-17-19-20-21-22-24-26-28-30-32-34-36-38-45(49)57-42(40-55-58(52,53)56-41-43(47)46(50)51)39-54-44(48)37-35-33-31-29-27-25-23-18-16-14-12-10-8-6-4-2/h14,16-17,19,42-43H,3-13,15,18,20-41,47H2,1-2H3,(H,50,51)(H,52,53)/b16-14+,19-17+/t42-,43+/m1/s1. The molecule has 0 aromatic heterocycles. The van der Waals surface area contributed by atoms with E-state index >= 15 is 0 Å². The number of carboxylic acids is 1. The number of aliphatic carboxylic acids is 1. The molecule has 4 N–H and O–H groups in total. The van der Waals surface area contributed by atoms with Gasteiger partial charge in [-0.3, -0.25) is 23.4 Å². The number of rotatable bonds is 44. The number of nitrogens with two attached hydrogens (primary N) is 1. The van der Waals surface area contributed by atoms with Gasteiger partial charge in [-0.2, -0.15) is 0 Å². The van der Waals surface area contributed by atoms with Gasteiger partial charge in [-0.15, -0.1) is 0 Å². The molecule has 0 saturated carbocycles. The van der Waals surface area contributed by atoms with Gasteiger partial charge >= 0.3 is 25.7 Å². The molecule has 0 radical (unpaired) electrons. The van der Waals surface area contributed by atoms with E-state index in [1.807, 2.05) is 0 Å². The molecule has 0 saturated heterocycles. The number of hydrogen-bond acceptors (Lipinski definition) is 9. The second-order valence-electron chi connectivity index (χ2n) is 15.9. The lowest BCUT2D eigenvalue weighted by Gasteiger charge is -2.20. The van der Waals surface area contributed by atoms with Gasteiger partial charge in [0.2, 0.25) is 0 Å². The van der Waals surface area contributed by atoms with E-state index in [0.717, 1.165) is 44.9 Å². The number of allylic oxidation sites excluding steroid dienone is 4. The van der Waals surface area contributed by atoms with Crippen molar-refractivity contribution < 1.29 is 47.5 Å². The van der Waals surface area contributed by atoms with Crippen LogP contribution in [0.3, 0.4) is 0 Å². The lowest BCUT2D eigenvalue weighted by molar-refractivity contribution is -0.161. The fourth-order valence-electron chi connectivity index (χ4n) is 6.47. The summed E-state index contributed by atoms with van der Waals surface area (Å²) in [6.07, 6.45) is 43.8. The van der Waals surface area contributed by atoms with Crippen molar-refractivity contribution in [2.75, 3.05) is 19.8 Å². The predicted octanol–water partition coefficient (Wildman–Crippen LogP) is 12.6. The van der Waals surface area contributed by atoms with Crippen molar-refractivity contribution in [3.8, 4) is 0 Å². The minimum absolute atomic E-state index is 0.160. The summed E-state index contributed by atoms with van der Waals surface area (Å²) >= 11 is 0. The third kappa shape index (κ3) is 40.7.